The maximum absolute atomic E-state index is 12.4. The molecule has 29 heavy (non-hydrogen) atoms. The van der Waals surface area contributed by atoms with Gasteiger partial charge in [0.2, 0.25) is 0 Å². The molecular weight excluding hydrogens is 602 g/mol. The van der Waals surface area contributed by atoms with Crippen LogP contribution >= 0.6 is 45.2 Å². The maximum Gasteiger partial charge on any atom is 0.344 e. The molecule has 2 aromatic carbocycles. The molecule has 0 bridgehead atoms. The quantitative estimate of drug-likeness (QED) is 0.159. The van der Waals surface area contributed by atoms with E-state index in [9.17, 15) is 20.0 Å². The molecule has 2 N–H and O–H groups in total. The van der Waals surface area contributed by atoms with Crippen LogP contribution < -0.4 is 10.1 Å². The predicted molar refractivity (Wildman–Crippen MR) is 124 cm³/mol. The number of nitrogens with zero attached hydrogens (tertiary/aromatic N) is 1. The van der Waals surface area contributed by atoms with E-state index < -0.39 is 11.9 Å². The van der Waals surface area contributed by atoms with Crippen molar-refractivity contribution < 1.29 is 24.2 Å². The number of carbonyl (C=O) groups is 2. The van der Waals surface area contributed by atoms with E-state index in [0.717, 1.165) is 7.14 Å². The number of anilines is 1. The number of benzene rings is 2. The lowest BCUT2D eigenvalue weighted by atomic mass is 10.1. The van der Waals surface area contributed by atoms with Gasteiger partial charge in [0.15, 0.2) is 6.61 Å². The lowest BCUT2D eigenvalue weighted by Crippen LogP contribution is -2.15. The summed E-state index contributed by atoms with van der Waals surface area (Å²) in [4.78, 5) is 23.8. The lowest BCUT2D eigenvalue weighted by molar-refractivity contribution is -0.145. The zero-order chi connectivity index (χ0) is 21.4. The fraction of sp³-hybridized carbons (Fsp3) is 0.150. The number of hydrogen-bond donors (Lipinski definition) is 2. The van der Waals surface area contributed by atoms with Crippen molar-refractivity contribution in [2.45, 2.75) is 6.92 Å². The molecule has 0 radical (unpaired) electrons. The molecule has 0 aliphatic carbocycles. The van der Waals surface area contributed by atoms with Crippen LogP contribution in [0.3, 0.4) is 0 Å². The summed E-state index contributed by atoms with van der Waals surface area (Å²) in [6.07, 6.45) is 1.47. The summed E-state index contributed by atoms with van der Waals surface area (Å²) < 4.78 is 11.8. The van der Waals surface area contributed by atoms with Crippen molar-refractivity contribution in [2.75, 3.05) is 18.5 Å². The van der Waals surface area contributed by atoms with E-state index in [1.165, 1.54) is 30.3 Å². The minimum atomic E-state index is -0.564. The predicted octanol–water partition coefficient (Wildman–Crippen LogP) is 4.09. The van der Waals surface area contributed by atoms with Gasteiger partial charge in [-0.3, -0.25) is 4.79 Å². The number of rotatable bonds is 7. The Bertz CT molecular complexity index is 958. The van der Waals surface area contributed by atoms with E-state index in [0.29, 0.717) is 17.0 Å². The molecule has 150 valence electrons. The number of aromatic hydroxyl groups is 1. The van der Waals surface area contributed by atoms with E-state index in [4.69, 9.17) is 9.47 Å². The molecule has 0 aromatic heterocycles. The molecule has 0 fully saturated rings. The van der Waals surface area contributed by atoms with E-state index in [-0.39, 0.29) is 24.5 Å². The number of phenols is 1. The van der Waals surface area contributed by atoms with E-state index in [1.807, 2.05) is 6.07 Å². The van der Waals surface area contributed by atoms with Gasteiger partial charge >= 0.3 is 5.97 Å². The standard InChI is InChI=1S/C20H16I2N2O5/c1-2-28-18(26)11-29-19-16(21)8-12(9-17(19)22)7-13(10-23)20(27)24-14-3-5-15(25)6-4-14/h3-9,25H,2,11H2,1H3,(H,24,27)/b13-7+. The molecule has 0 aliphatic rings. The first-order valence-electron chi connectivity index (χ1n) is 8.33. The average Bonchev–Trinajstić information content (AvgIpc) is 2.67. The van der Waals surface area contributed by atoms with Crippen LogP contribution in [-0.2, 0) is 14.3 Å². The van der Waals surface area contributed by atoms with Gasteiger partial charge < -0.3 is 19.9 Å². The van der Waals surface area contributed by atoms with Crippen molar-refractivity contribution in [2.24, 2.45) is 0 Å². The summed E-state index contributed by atoms with van der Waals surface area (Å²) in [7, 11) is 0. The molecule has 1 amide bonds. The minimum absolute atomic E-state index is 0.0773. The molecule has 0 heterocycles. The third-order valence-corrected chi connectivity index (χ3v) is 5.06. The van der Waals surface area contributed by atoms with Crippen LogP contribution in [0.15, 0.2) is 42.0 Å². The number of phenolic OH excluding ortho intramolecular Hbond substituents is 1. The van der Waals surface area contributed by atoms with E-state index in [2.05, 4.69) is 50.5 Å². The normalized spacial score (nSPS) is 10.8. The zero-order valence-electron chi connectivity index (χ0n) is 15.2. The number of amides is 1. The lowest BCUT2D eigenvalue weighted by Gasteiger charge is -2.11. The first kappa shape index (κ1) is 23.0. The van der Waals surface area contributed by atoms with Crippen LogP contribution in [-0.4, -0.2) is 30.2 Å². The van der Waals surface area contributed by atoms with Crippen LogP contribution in [0.2, 0.25) is 0 Å². The van der Waals surface area contributed by atoms with Gasteiger partial charge in [0.1, 0.15) is 23.1 Å². The van der Waals surface area contributed by atoms with Gasteiger partial charge in [-0.25, -0.2) is 4.79 Å². The third-order valence-electron chi connectivity index (χ3n) is 3.46. The largest absolute Gasteiger partial charge is 0.508 e. The van der Waals surface area contributed by atoms with Gasteiger partial charge in [-0.2, -0.15) is 5.26 Å². The molecule has 0 saturated heterocycles. The molecule has 9 heteroatoms. The molecule has 0 unspecified atom stereocenters. The number of hydrogen-bond acceptors (Lipinski definition) is 6. The summed E-state index contributed by atoms with van der Waals surface area (Å²) in [5.74, 6) is -0.413. The molecular formula is C20H16I2N2O5. The van der Waals surface area contributed by atoms with Crippen molar-refractivity contribution in [3.8, 4) is 17.6 Å². The highest BCUT2D eigenvalue weighted by Crippen LogP contribution is 2.30. The maximum atomic E-state index is 12.4. The van der Waals surface area contributed by atoms with Gasteiger partial charge in [-0.15, -0.1) is 0 Å². The molecule has 2 aromatic rings. The van der Waals surface area contributed by atoms with Crippen LogP contribution in [0.4, 0.5) is 5.69 Å². The Labute approximate surface area is 195 Å². The summed E-state index contributed by atoms with van der Waals surface area (Å²) >= 11 is 4.12. The topological polar surface area (TPSA) is 109 Å². The first-order valence-corrected chi connectivity index (χ1v) is 10.5. The number of carbonyl (C=O) groups excluding carboxylic acids is 2. The Morgan fingerprint density at radius 2 is 1.83 bits per heavy atom. The van der Waals surface area contributed by atoms with Crippen LogP contribution in [0, 0.1) is 18.5 Å². The molecule has 0 aliphatic heterocycles. The fourth-order valence-electron chi connectivity index (χ4n) is 2.19. The molecule has 0 saturated carbocycles. The Morgan fingerprint density at radius 3 is 2.38 bits per heavy atom. The number of esters is 1. The van der Waals surface area contributed by atoms with Crippen molar-refractivity contribution in [1.82, 2.24) is 0 Å². The third kappa shape index (κ3) is 6.90. The van der Waals surface area contributed by atoms with E-state index in [1.54, 1.807) is 19.1 Å². The fourth-order valence-corrected chi connectivity index (χ4v) is 4.32. The number of nitriles is 1. The second-order valence-electron chi connectivity index (χ2n) is 5.58. The van der Waals surface area contributed by atoms with E-state index >= 15 is 0 Å². The first-order chi connectivity index (χ1) is 13.8. The number of nitrogens with one attached hydrogen (secondary N) is 1. The minimum Gasteiger partial charge on any atom is -0.508 e. The molecule has 7 nitrogen and oxygen atoms in total. The highest BCUT2D eigenvalue weighted by Gasteiger charge is 2.14. The second kappa shape index (κ2) is 11.0. The molecule has 0 atom stereocenters. The van der Waals surface area contributed by atoms with Crippen LogP contribution in [0.1, 0.15) is 12.5 Å². The summed E-state index contributed by atoms with van der Waals surface area (Å²) in [5.41, 5.74) is 1.02. The number of halogens is 2. The van der Waals surface area contributed by atoms with Crippen LogP contribution in [0.5, 0.6) is 11.5 Å². The van der Waals surface area contributed by atoms with Gasteiger partial charge in [-0.1, -0.05) is 0 Å². The second-order valence-corrected chi connectivity index (χ2v) is 7.90. The molecule has 0 spiro atoms. The van der Waals surface area contributed by atoms with Crippen molar-refractivity contribution in [3.05, 3.63) is 54.7 Å². The van der Waals surface area contributed by atoms with Gasteiger partial charge in [0.25, 0.3) is 5.91 Å². The summed E-state index contributed by atoms with van der Waals surface area (Å²) in [6, 6.07) is 11.3. The van der Waals surface area contributed by atoms with Gasteiger partial charge in [0, 0.05) is 5.69 Å². The van der Waals surface area contributed by atoms with Crippen molar-refractivity contribution >= 4 is 68.8 Å². The monoisotopic (exact) mass is 618 g/mol. The van der Waals surface area contributed by atoms with Crippen molar-refractivity contribution in [1.29, 1.82) is 5.26 Å². The van der Waals surface area contributed by atoms with Gasteiger partial charge in [-0.05, 0) is 100 Å². The van der Waals surface area contributed by atoms with Crippen molar-refractivity contribution in [3.63, 3.8) is 0 Å². The van der Waals surface area contributed by atoms with Gasteiger partial charge in [0.05, 0.1) is 13.7 Å². The summed E-state index contributed by atoms with van der Waals surface area (Å²) in [6.45, 7) is 1.80. The number of ether oxygens (including phenoxy) is 2. The molecule has 2 rings (SSSR count). The highest BCUT2D eigenvalue weighted by atomic mass is 127. The SMILES string of the molecule is CCOC(=O)COc1c(I)cc(/C=C(\C#N)C(=O)Nc2ccc(O)cc2)cc1I. The highest BCUT2D eigenvalue weighted by molar-refractivity contribution is 14.1. The summed E-state index contributed by atoms with van der Waals surface area (Å²) in [5, 5.41) is 21.3. The smallest absolute Gasteiger partial charge is 0.344 e. The Hall–Kier alpha value is -2.33. The Balaban J connectivity index is 2.18. The van der Waals surface area contributed by atoms with Crippen LogP contribution in [0.25, 0.3) is 6.08 Å². The average molecular weight is 618 g/mol. The zero-order valence-corrected chi connectivity index (χ0v) is 19.6. The Kier molecular flexibility index (Phi) is 8.71. The Morgan fingerprint density at radius 1 is 1.21 bits per heavy atom.